The van der Waals surface area contributed by atoms with Crippen LogP contribution in [0, 0.1) is 6.92 Å². The van der Waals surface area contributed by atoms with E-state index in [-0.39, 0.29) is 23.2 Å². The van der Waals surface area contributed by atoms with Crippen molar-refractivity contribution in [2.45, 2.75) is 38.6 Å². The third kappa shape index (κ3) is 4.67. The number of sulfonamides is 1. The van der Waals surface area contributed by atoms with Gasteiger partial charge >= 0.3 is 0 Å². The number of nitrogens with two attached hydrogens (primary N) is 1. The summed E-state index contributed by atoms with van der Waals surface area (Å²) in [5, 5.41) is 2.61. The molecule has 0 saturated heterocycles. The van der Waals surface area contributed by atoms with Crippen molar-refractivity contribution < 1.29 is 13.2 Å². The number of nitrogens with zero attached hydrogens (tertiary/aromatic N) is 1. The fourth-order valence-corrected chi connectivity index (χ4v) is 3.62. The van der Waals surface area contributed by atoms with Gasteiger partial charge in [0.15, 0.2) is 0 Å². The molecule has 3 N–H and O–H groups in total. The predicted octanol–water partition coefficient (Wildman–Crippen LogP) is 1.73. The zero-order chi connectivity index (χ0) is 16.2. The highest BCUT2D eigenvalue weighted by Gasteiger charge is 2.24. The molecule has 8 heteroatoms. The van der Waals surface area contributed by atoms with Gasteiger partial charge in [-0.3, -0.25) is 4.79 Å². The highest BCUT2D eigenvalue weighted by molar-refractivity contribution is 7.89. The molecule has 0 aliphatic carbocycles. The van der Waals surface area contributed by atoms with Crippen LogP contribution in [0.2, 0.25) is 0 Å². The van der Waals surface area contributed by atoms with E-state index in [1.165, 1.54) is 10.4 Å². The third-order valence-electron chi connectivity index (χ3n) is 3.19. The van der Waals surface area contributed by atoms with Crippen LogP contribution in [-0.2, 0) is 14.8 Å². The summed E-state index contributed by atoms with van der Waals surface area (Å²) in [7, 11) is -3.56. The minimum atomic E-state index is -3.56. The lowest BCUT2D eigenvalue weighted by Gasteiger charge is -2.20. The van der Waals surface area contributed by atoms with Gasteiger partial charge in [-0.25, -0.2) is 8.42 Å². The van der Waals surface area contributed by atoms with Crippen LogP contribution in [-0.4, -0.2) is 37.8 Å². The van der Waals surface area contributed by atoms with Crippen LogP contribution in [0.25, 0.3) is 0 Å². The molecular weight excluding hydrogens is 326 g/mol. The van der Waals surface area contributed by atoms with Crippen molar-refractivity contribution >= 4 is 34.0 Å². The van der Waals surface area contributed by atoms with Crippen LogP contribution in [0.5, 0.6) is 0 Å². The van der Waals surface area contributed by atoms with E-state index in [4.69, 9.17) is 5.73 Å². The summed E-state index contributed by atoms with van der Waals surface area (Å²) in [5.41, 5.74) is 6.55. The van der Waals surface area contributed by atoms with E-state index in [1.807, 2.05) is 0 Å². The molecule has 1 rings (SSSR count). The van der Waals surface area contributed by atoms with Crippen molar-refractivity contribution in [1.29, 1.82) is 0 Å². The lowest BCUT2D eigenvalue weighted by molar-refractivity contribution is -0.117. The Hall–Kier alpha value is -1.15. The summed E-state index contributed by atoms with van der Waals surface area (Å²) < 4.78 is 26.5. The summed E-state index contributed by atoms with van der Waals surface area (Å²) in [6.45, 7) is 7.67. The maximum Gasteiger partial charge on any atom is 0.243 e. The summed E-state index contributed by atoms with van der Waals surface area (Å²) in [6, 6.07) is 4.15. The first kappa shape index (κ1) is 20.9. The fourth-order valence-electron chi connectivity index (χ4n) is 1.91. The van der Waals surface area contributed by atoms with Crippen molar-refractivity contribution in [3.8, 4) is 0 Å². The lowest BCUT2D eigenvalue weighted by Crippen LogP contribution is -2.33. The minimum absolute atomic E-state index is 0. The number of aryl methyl sites for hydroxylation is 1. The van der Waals surface area contributed by atoms with E-state index in [9.17, 15) is 13.2 Å². The van der Waals surface area contributed by atoms with Crippen molar-refractivity contribution in [1.82, 2.24) is 4.31 Å². The van der Waals surface area contributed by atoms with Gasteiger partial charge in [-0.05, 0) is 31.5 Å². The number of benzene rings is 1. The Labute approximate surface area is 138 Å². The van der Waals surface area contributed by atoms with Gasteiger partial charge in [0.05, 0.1) is 10.9 Å². The lowest BCUT2D eigenvalue weighted by atomic mass is 10.2. The monoisotopic (exact) mass is 349 g/mol. The summed E-state index contributed by atoms with van der Waals surface area (Å²) >= 11 is 0. The number of hydrogen-bond donors (Lipinski definition) is 2. The molecule has 0 bridgehead atoms. The molecule has 126 valence electrons. The molecule has 22 heavy (non-hydrogen) atoms. The van der Waals surface area contributed by atoms with Gasteiger partial charge in [0, 0.05) is 18.8 Å². The maximum atomic E-state index is 12.6. The summed E-state index contributed by atoms with van der Waals surface area (Å²) in [4.78, 5) is 11.8. The molecule has 0 aliphatic rings. The number of anilines is 1. The number of halogens is 1. The molecule has 0 unspecified atom stereocenters. The molecule has 1 atom stereocenters. The number of nitrogens with one attached hydrogen (secondary N) is 1. The quantitative estimate of drug-likeness (QED) is 0.818. The van der Waals surface area contributed by atoms with Gasteiger partial charge in [0.1, 0.15) is 0 Å². The van der Waals surface area contributed by atoms with E-state index < -0.39 is 16.1 Å². The molecular formula is C14H24ClN3O3S. The Morgan fingerprint density at radius 2 is 1.86 bits per heavy atom. The first-order valence-electron chi connectivity index (χ1n) is 6.91. The molecule has 0 aliphatic heterocycles. The SMILES string of the molecule is CCN(CC)S(=O)(=O)c1cc(NC(=O)[C@@H](C)N)ccc1C.Cl. The first-order chi connectivity index (χ1) is 9.73. The second-order valence-electron chi connectivity index (χ2n) is 4.85. The normalized spacial score (nSPS) is 12.6. The molecule has 6 nitrogen and oxygen atoms in total. The van der Waals surface area contributed by atoms with Gasteiger partial charge < -0.3 is 11.1 Å². The maximum absolute atomic E-state index is 12.6. The number of amides is 1. The average Bonchev–Trinajstić information content (AvgIpc) is 2.41. The second-order valence-corrected chi connectivity index (χ2v) is 6.75. The molecule has 0 saturated carbocycles. The molecule has 0 spiro atoms. The van der Waals surface area contributed by atoms with Crippen molar-refractivity contribution in [3.63, 3.8) is 0 Å². The minimum Gasteiger partial charge on any atom is -0.325 e. The highest BCUT2D eigenvalue weighted by Crippen LogP contribution is 2.23. The fraction of sp³-hybridized carbons (Fsp3) is 0.500. The van der Waals surface area contributed by atoms with E-state index in [2.05, 4.69) is 5.32 Å². The molecule has 1 aromatic carbocycles. The molecule has 1 amide bonds. The zero-order valence-electron chi connectivity index (χ0n) is 13.3. The smallest absolute Gasteiger partial charge is 0.243 e. The van der Waals surface area contributed by atoms with E-state index in [0.717, 1.165) is 0 Å². The predicted molar refractivity (Wildman–Crippen MR) is 90.8 cm³/mol. The van der Waals surface area contributed by atoms with E-state index in [1.54, 1.807) is 39.8 Å². The Bertz CT molecular complexity index is 614. The Kier molecular flexibility index (Phi) is 8.03. The Morgan fingerprint density at radius 1 is 1.32 bits per heavy atom. The van der Waals surface area contributed by atoms with Crippen LogP contribution < -0.4 is 11.1 Å². The number of carbonyl (C=O) groups excluding carboxylic acids is 1. The van der Waals surface area contributed by atoms with Gasteiger partial charge in [0.2, 0.25) is 15.9 Å². The Balaban J connectivity index is 0.00000441. The standard InChI is InChI=1S/C14H23N3O3S.ClH/c1-5-17(6-2)21(19,20)13-9-12(8-7-10(13)3)16-14(18)11(4)15;/h7-9,11H,5-6,15H2,1-4H3,(H,16,18);1H/t11-;/m1./s1. The molecule has 0 fully saturated rings. The van der Waals surface area contributed by atoms with Gasteiger partial charge in [-0.1, -0.05) is 19.9 Å². The molecule has 1 aromatic rings. The van der Waals surface area contributed by atoms with E-state index in [0.29, 0.717) is 24.3 Å². The largest absolute Gasteiger partial charge is 0.325 e. The van der Waals surface area contributed by atoms with Gasteiger partial charge in [-0.2, -0.15) is 4.31 Å². The van der Waals surface area contributed by atoms with Crippen molar-refractivity contribution in [2.75, 3.05) is 18.4 Å². The second kappa shape index (κ2) is 8.47. The summed E-state index contributed by atoms with van der Waals surface area (Å²) in [5.74, 6) is -0.356. The molecule has 0 radical (unpaired) electrons. The highest BCUT2D eigenvalue weighted by atomic mass is 35.5. The van der Waals surface area contributed by atoms with Gasteiger partial charge in [0.25, 0.3) is 0 Å². The van der Waals surface area contributed by atoms with Crippen LogP contribution >= 0.6 is 12.4 Å². The summed E-state index contributed by atoms with van der Waals surface area (Å²) in [6.07, 6.45) is 0. The number of hydrogen-bond acceptors (Lipinski definition) is 4. The van der Waals surface area contributed by atoms with Crippen LogP contribution in [0.4, 0.5) is 5.69 Å². The van der Waals surface area contributed by atoms with Gasteiger partial charge in [-0.15, -0.1) is 12.4 Å². The first-order valence-corrected chi connectivity index (χ1v) is 8.35. The van der Waals surface area contributed by atoms with Crippen LogP contribution in [0.15, 0.2) is 23.1 Å². The van der Waals surface area contributed by atoms with Crippen molar-refractivity contribution in [2.24, 2.45) is 5.73 Å². The van der Waals surface area contributed by atoms with E-state index >= 15 is 0 Å². The number of carbonyl (C=O) groups is 1. The number of rotatable bonds is 6. The molecule has 0 aromatic heterocycles. The topological polar surface area (TPSA) is 92.5 Å². The van der Waals surface area contributed by atoms with Crippen molar-refractivity contribution in [3.05, 3.63) is 23.8 Å². The van der Waals surface area contributed by atoms with Crippen LogP contribution in [0.3, 0.4) is 0 Å². The zero-order valence-corrected chi connectivity index (χ0v) is 14.9. The molecule has 0 heterocycles. The average molecular weight is 350 g/mol. The Morgan fingerprint density at radius 3 is 2.32 bits per heavy atom. The van der Waals surface area contributed by atoms with Crippen LogP contribution in [0.1, 0.15) is 26.3 Å². The third-order valence-corrected chi connectivity index (χ3v) is 5.38.